The van der Waals surface area contributed by atoms with Crippen LogP contribution >= 0.6 is 0 Å². The van der Waals surface area contributed by atoms with E-state index in [2.05, 4.69) is 0 Å². The normalized spacial score (nSPS) is 21.7. The molecule has 60 heavy (non-hydrogen) atoms. The Morgan fingerprint density at radius 1 is 0.683 bits per heavy atom. The average Bonchev–Trinajstić information content (AvgIpc) is 3.53. The van der Waals surface area contributed by atoms with Crippen LogP contribution in [-0.2, 0) is 56.5 Å². The Morgan fingerprint density at radius 3 is 1.75 bits per heavy atom. The first-order valence-electron chi connectivity index (χ1n) is 20.8. The zero-order chi connectivity index (χ0) is 41.3. The highest BCUT2D eigenvalue weighted by molar-refractivity contribution is 5.38. The molecule has 1 saturated carbocycles. The molecule has 10 heteroatoms. The number of rotatable bonds is 18. The molecule has 6 aromatic rings. The van der Waals surface area contributed by atoms with Crippen LogP contribution in [0.5, 0.6) is 5.88 Å². The Bertz CT molecular complexity index is 2260. The summed E-state index contributed by atoms with van der Waals surface area (Å²) in [6.07, 6.45) is -0.532. The number of hydrogen-bond donors (Lipinski definition) is 1. The first kappa shape index (κ1) is 41.5. The largest absolute Gasteiger partial charge is 0.417 e. The summed E-state index contributed by atoms with van der Waals surface area (Å²) in [7, 11) is 0. The Kier molecular flexibility index (Phi) is 13.5. The van der Waals surface area contributed by atoms with Gasteiger partial charge in [-0.25, -0.2) is 4.39 Å². The van der Waals surface area contributed by atoms with E-state index in [0.717, 1.165) is 52.8 Å². The topological polar surface area (TPSA) is 93.4 Å². The molecule has 8 rings (SSSR count). The number of ether oxygens (including phenoxy) is 6. The van der Waals surface area contributed by atoms with E-state index in [9.17, 15) is 9.50 Å². The van der Waals surface area contributed by atoms with Crippen molar-refractivity contribution in [3.63, 3.8) is 0 Å². The minimum absolute atomic E-state index is 0.0294. The van der Waals surface area contributed by atoms with Crippen molar-refractivity contribution in [1.29, 1.82) is 0 Å². The maximum atomic E-state index is 14.9. The lowest BCUT2D eigenvalue weighted by Gasteiger charge is -2.49. The highest BCUT2D eigenvalue weighted by Crippen LogP contribution is 2.41. The second kappa shape index (κ2) is 19.5. The Labute approximate surface area is 351 Å². The molecule has 5 aromatic carbocycles. The third-order valence-electron chi connectivity index (χ3n) is 11.4. The molecule has 1 saturated heterocycles. The minimum Gasteiger partial charge on any atom is -0.417 e. The van der Waals surface area contributed by atoms with E-state index in [1.165, 1.54) is 0 Å². The van der Waals surface area contributed by atoms with Gasteiger partial charge in [0.05, 0.1) is 39.1 Å². The van der Waals surface area contributed by atoms with Gasteiger partial charge in [-0.15, -0.1) is 5.10 Å². The summed E-state index contributed by atoms with van der Waals surface area (Å²) in [4.78, 5) is 0. The van der Waals surface area contributed by atoms with Crippen LogP contribution in [-0.4, -0.2) is 51.9 Å². The molecule has 0 bridgehead atoms. The number of nitrogens with zero attached hydrogens (tertiary/aromatic N) is 2. The zero-order valence-electron chi connectivity index (χ0n) is 34.2. The van der Waals surface area contributed by atoms with Crippen molar-refractivity contribution in [1.82, 2.24) is 9.78 Å². The van der Waals surface area contributed by atoms with Gasteiger partial charge in [0.15, 0.2) is 6.10 Å². The molecule has 2 heterocycles. The maximum absolute atomic E-state index is 14.9. The molecule has 0 radical (unpaired) electrons. The number of benzene rings is 5. The van der Waals surface area contributed by atoms with Crippen LogP contribution in [0.1, 0.15) is 69.9 Å². The molecular formula is C50H53FN2O7. The SMILES string of the molecule is Cc1ccc(Cc2c(O[C@]3(O)O[C@H](COCc4ccccc4)[C@@H](OCc4ccccc4)[C@H](OCc4ccccc4)[C@H]3OCc3ccccc3)nn(C3CCC3)c2C)cc1F. The van der Waals surface area contributed by atoms with Gasteiger partial charge in [0.25, 0.3) is 0 Å². The second-order valence-electron chi connectivity index (χ2n) is 15.8. The summed E-state index contributed by atoms with van der Waals surface area (Å²) in [6, 6.07) is 44.7. The highest BCUT2D eigenvalue weighted by atomic mass is 19.1. The number of aromatic nitrogens is 2. The zero-order valence-corrected chi connectivity index (χ0v) is 34.2. The van der Waals surface area contributed by atoms with Gasteiger partial charge < -0.3 is 33.5 Å². The molecule has 0 spiro atoms. The standard InChI is InChI=1S/C50H53FN2O7/c1-35-26-27-41(29-44(35)51)28-43-36(2)53(42-24-15-25-42)52-49(43)60-50(54)48(58-33-40-22-13-6-14-23-40)47(57-32-39-20-11-5-12-21-39)46(56-31-38-18-9-4-10-19-38)45(59-50)34-55-30-37-16-7-3-8-17-37/h3-14,16-23,26-27,29,42,45-48,54H,15,24-25,28,30-34H2,1-2H3/t45-,46-,47+,48-,50-/m1/s1. The fourth-order valence-electron chi connectivity index (χ4n) is 7.79. The van der Waals surface area contributed by atoms with Gasteiger partial charge in [0.1, 0.15) is 24.1 Å². The maximum Gasteiger partial charge on any atom is 0.356 e. The lowest BCUT2D eigenvalue weighted by Crippen LogP contribution is -2.69. The van der Waals surface area contributed by atoms with Crippen molar-refractivity contribution in [3.05, 3.63) is 190 Å². The third kappa shape index (κ3) is 10.0. The third-order valence-corrected chi connectivity index (χ3v) is 11.4. The lowest BCUT2D eigenvalue weighted by atomic mass is 9.93. The summed E-state index contributed by atoms with van der Waals surface area (Å²) < 4.78 is 57.1. The monoisotopic (exact) mass is 812 g/mol. The predicted molar refractivity (Wildman–Crippen MR) is 225 cm³/mol. The molecule has 2 aliphatic rings. The van der Waals surface area contributed by atoms with Crippen LogP contribution in [0.15, 0.2) is 140 Å². The Morgan fingerprint density at radius 2 is 1.22 bits per heavy atom. The van der Waals surface area contributed by atoms with Crippen LogP contribution < -0.4 is 4.74 Å². The van der Waals surface area contributed by atoms with Gasteiger partial charge in [-0.2, -0.15) is 0 Å². The smallest absolute Gasteiger partial charge is 0.356 e. The van der Waals surface area contributed by atoms with E-state index in [-0.39, 0.29) is 44.2 Å². The van der Waals surface area contributed by atoms with E-state index in [1.54, 1.807) is 19.1 Å². The molecule has 9 nitrogen and oxygen atoms in total. The fraction of sp³-hybridized carbons (Fsp3) is 0.340. The number of halogens is 1. The molecular weight excluding hydrogens is 760 g/mol. The second-order valence-corrected chi connectivity index (χ2v) is 15.8. The summed E-state index contributed by atoms with van der Waals surface area (Å²) in [6.45, 7) is 4.60. The first-order chi connectivity index (χ1) is 29.3. The minimum atomic E-state index is -2.46. The van der Waals surface area contributed by atoms with Gasteiger partial charge in [-0.3, -0.25) is 4.68 Å². The van der Waals surface area contributed by atoms with E-state index >= 15 is 0 Å². The molecule has 1 aliphatic heterocycles. The van der Waals surface area contributed by atoms with Crippen LogP contribution in [0.3, 0.4) is 0 Å². The van der Waals surface area contributed by atoms with Crippen LogP contribution in [0.4, 0.5) is 4.39 Å². The van der Waals surface area contributed by atoms with Gasteiger partial charge in [-0.1, -0.05) is 133 Å². The summed E-state index contributed by atoms with van der Waals surface area (Å²) in [5.41, 5.74) is 6.64. The van der Waals surface area contributed by atoms with Gasteiger partial charge in [-0.05, 0) is 72.6 Å². The van der Waals surface area contributed by atoms with Gasteiger partial charge in [0, 0.05) is 17.7 Å². The van der Waals surface area contributed by atoms with E-state index < -0.39 is 30.4 Å². The lowest BCUT2D eigenvalue weighted by molar-refractivity contribution is -0.436. The van der Waals surface area contributed by atoms with Crippen molar-refractivity contribution in [2.24, 2.45) is 0 Å². The van der Waals surface area contributed by atoms with Crippen molar-refractivity contribution in [2.45, 2.75) is 102 Å². The molecule has 5 atom stereocenters. The Hall–Kier alpha value is -5.20. The molecule has 312 valence electrons. The summed E-state index contributed by atoms with van der Waals surface area (Å²) in [5, 5.41) is 18.1. The van der Waals surface area contributed by atoms with Crippen molar-refractivity contribution < 1.29 is 37.9 Å². The van der Waals surface area contributed by atoms with E-state index in [4.69, 9.17) is 33.5 Å². The van der Waals surface area contributed by atoms with Crippen LogP contribution in [0.25, 0.3) is 0 Å². The summed E-state index contributed by atoms with van der Waals surface area (Å²) in [5.74, 6) is -2.58. The highest BCUT2D eigenvalue weighted by Gasteiger charge is 2.59. The molecule has 0 amide bonds. The summed E-state index contributed by atoms with van der Waals surface area (Å²) >= 11 is 0. The predicted octanol–water partition coefficient (Wildman–Crippen LogP) is 9.35. The van der Waals surface area contributed by atoms with Gasteiger partial charge in [0.2, 0.25) is 5.88 Å². The number of aryl methyl sites for hydroxylation is 1. The van der Waals surface area contributed by atoms with Crippen LogP contribution in [0.2, 0.25) is 0 Å². The molecule has 1 aliphatic carbocycles. The Balaban J connectivity index is 1.20. The van der Waals surface area contributed by atoms with Crippen LogP contribution in [0, 0.1) is 19.7 Å². The van der Waals surface area contributed by atoms with Gasteiger partial charge >= 0.3 is 5.97 Å². The van der Waals surface area contributed by atoms with E-state index in [1.807, 2.05) is 139 Å². The molecule has 1 aromatic heterocycles. The van der Waals surface area contributed by atoms with E-state index in [0.29, 0.717) is 24.2 Å². The van der Waals surface area contributed by atoms with Crippen molar-refractivity contribution >= 4 is 0 Å². The average molecular weight is 813 g/mol. The molecule has 2 fully saturated rings. The van der Waals surface area contributed by atoms with Crippen molar-refractivity contribution in [3.8, 4) is 5.88 Å². The quantitative estimate of drug-likeness (QED) is 0.0859. The fourth-order valence-corrected chi connectivity index (χ4v) is 7.79. The molecule has 0 unspecified atom stereocenters. The number of aliphatic hydroxyl groups is 1. The van der Waals surface area contributed by atoms with Crippen molar-refractivity contribution in [2.75, 3.05) is 6.61 Å². The number of hydrogen-bond acceptors (Lipinski definition) is 8. The molecule has 1 N–H and O–H groups in total. The first-order valence-corrected chi connectivity index (χ1v) is 20.8.